The second-order valence-electron chi connectivity index (χ2n) is 7.54. The Morgan fingerprint density at radius 3 is 2.54 bits per heavy atom. The van der Waals surface area contributed by atoms with E-state index in [0.29, 0.717) is 11.9 Å². The molecule has 0 aliphatic carbocycles. The van der Waals surface area contributed by atoms with E-state index in [1.54, 1.807) is 7.11 Å². The molecule has 132 valence electrons. The number of carbonyl (C=O) groups is 1. The highest BCUT2D eigenvalue weighted by molar-refractivity contribution is 5.87. The average molecular weight is 330 g/mol. The fourth-order valence-electron chi connectivity index (χ4n) is 4.38. The minimum atomic E-state index is -0.269. The number of likely N-dealkylation sites (tertiary alicyclic amines) is 2. The van der Waals surface area contributed by atoms with Gasteiger partial charge in [-0.05, 0) is 76.3 Å². The van der Waals surface area contributed by atoms with Crippen LogP contribution in [0.2, 0.25) is 0 Å². The summed E-state index contributed by atoms with van der Waals surface area (Å²) in [5, 5.41) is 0. The van der Waals surface area contributed by atoms with Crippen molar-refractivity contribution in [2.75, 3.05) is 20.2 Å². The first-order chi connectivity index (χ1) is 11.5. The number of aryl methyl sites for hydroxylation is 1. The SMILES string of the molecule is COc1ccc(CN2CCCC23CCCN(C(C)C)C3=O)c(C)c1. The molecule has 4 nitrogen and oxygen atoms in total. The van der Waals surface area contributed by atoms with Gasteiger partial charge in [0, 0.05) is 19.1 Å². The summed E-state index contributed by atoms with van der Waals surface area (Å²) < 4.78 is 5.31. The smallest absolute Gasteiger partial charge is 0.243 e. The van der Waals surface area contributed by atoms with Crippen LogP contribution in [-0.4, -0.2) is 47.5 Å². The molecule has 2 fully saturated rings. The van der Waals surface area contributed by atoms with Crippen molar-refractivity contribution >= 4 is 5.91 Å². The zero-order chi connectivity index (χ0) is 17.3. The molecule has 1 unspecified atom stereocenters. The highest BCUT2D eigenvalue weighted by atomic mass is 16.5. The lowest BCUT2D eigenvalue weighted by Gasteiger charge is -2.46. The van der Waals surface area contributed by atoms with Crippen LogP contribution in [0.3, 0.4) is 0 Å². The first-order valence-corrected chi connectivity index (χ1v) is 9.17. The molecular formula is C20H30N2O2. The van der Waals surface area contributed by atoms with Crippen LogP contribution in [0.4, 0.5) is 0 Å². The first kappa shape index (κ1) is 17.3. The largest absolute Gasteiger partial charge is 0.497 e. The van der Waals surface area contributed by atoms with Gasteiger partial charge in [0.2, 0.25) is 5.91 Å². The molecule has 4 heteroatoms. The van der Waals surface area contributed by atoms with Crippen LogP contribution in [0.15, 0.2) is 18.2 Å². The van der Waals surface area contributed by atoms with E-state index in [1.165, 1.54) is 11.1 Å². The molecular weight excluding hydrogens is 300 g/mol. The maximum atomic E-state index is 13.2. The van der Waals surface area contributed by atoms with Gasteiger partial charge in [-0.2, -0.15) is 0 Å². The van der Waals surface area contributed by atoms with Gasteiger partial charge in [0.15, 0.2) is 0 Å². The van der Waals surface area contributed by atoms with Crippen molar-refractivity contribution in [2.45, 2.75) is 64.6 Å². The highest BCUT2D eigenvalue weighted by Gasteiger charge is 2.51. The number of piperidine rings is 1. The van der Waals surface area contributed by atoms with Crippen molar-refractivity contribution in [2.24, 2.45) is 0 Å². The van der Waals surface area contributed by atoms with Gasteiger partial charge in [0.1, 0.15) is 11.3 Å². The lowest BCUT2D eigenvalue weighted by Crippen LogP contribution is -2.61. The number of hydrogen-bond acceptors (Lipinski definition) is 3. The molecule has 1 aromatic carbocycles. The predicted octanol–water partition coefficient (Wildman–Crippen LogP) is 3.37. The van der Waals surface area contributed by atoms with E-state index in [4.69, 9.17) is 4.74 Å². The van der Waals surface area contributed by atoms with Crippen molar-refractivity contribution in [3.05, 3.63) is 29.3 Å². The molecule has 2 aliphatic heterocycles. The van der Waals surface area contributed by atoms with Gasteiger partial charge in [0.25, 0.3) is 0 Å². The molecule has 2 saturated heterocycles. The summed E-state index contributed by atoms with van der Waals surface area (Å²) >= 11 is 0. The lowest BCUT2D eigenvalue weighted by atomic mass is 9.84. The third kappa shape index (κ3) is 2.92. The van der Waals surface area contributed by atoms with Crippen LogP contribution in [0.25, 0.3) is 0 Å². The Morgan fingerprint density at radius 1 is 1.21 bits per heavy atom. The molecule has 3 rings (SSSR count). The Kier molecular flexibility index (Phi) is 4.86. The number of nitrogens with zero attached hydrogens (tertiary/aromatic N) is 2. The van der Waals surface area contributed by atoms with E-state index in [-0.39, 0.29) is 5.54 Å². The molecule has 1 aromatic rings. The zero-order valence-corrected chi connectivity index (χ0v) is 15.5. The number of rotatable bonds is 4. The fourth-order valence-corrected chi connectivity index (χ4v) is 4.38. The average Bonchev–Trinajstić information content (AvgIpc) is 2.95. The topological polar surface area (TPSA) is 32.8 Å². The number of benzene rings is 1. The summed E-state index contributed by atoms with van der Waals surface area (Å²) in [4.78, 5) is 17.8. The quantitative estimate of drug-likeness (QED) is 0.848. The molecule has 0 bridgehead atoms. The maximum absolute atomic E-state index is 13.2. The van der Waals surface area contributed by atoms with Crippen molar-refractivity contribution in [1.82, 2.24) is 9.80 Å². The van der Waals surface area contributed by atoms with Crippen molar-refractivity contribution in [1.29, 1.82) is 0 Å². The van der Waals surface area contributed by atoms with Gasteiger partial charge in [0.05, 0.1) is 7.11 Å². The summed E-state index contributed by atoms with van der Waals surface area (Å²) in [7, 11) is 1.70. The number of ether oxygens (including phenoxy) is 1. The van der Waals surface area contributed by atoms with E-state index < -0.39 is 0 Å². The van der Waals surface area contributed by atoms with E-state index in [2.05, 4.69) is 42.7 Å². The fraction of sp³-hybridized carbons (Fsp3) is 0.650. The molecule has 2 aliphatic rings. The van der Waals surface area contributed by atoms with Crippen LogP contribution in [0.1, 0.15) is 50.7 Å². The Balaban J connectivity index is 1.84. The minimum absolute atomic E-state index is 0.269. The number of amides is 1. The normalized spacial score (nSPS) is 25.0. The van der Waals surface area contributed by atoms with Gasteiger partial charge < -0.3 is 9.64 Å². The van der Waals surface area contributed by atoms with Crippen LogP contribution < -0.4 is 4.74 Å². The second kappa shape index (κ2) is 6.75. The van der Waals surface area contributed by atoms with Crippen molar-refractivity contribution in [3.63, 3.8) is 0 Å². The molecule has 1 amide bonds. The van der Waals surface area contributed by atoms with E-state index in [9.17, 15) is 4.79 Å². The van der Waals surface area contributed by atoms with Crippen molar-refractivity contribution < 1.29 is 9.53 Å². The van der Waals surface area contributed by atoms with Crippen LogP contribution in [-0.2, 0) is 11.3 Å². The van der Waals surface area contributed by atoms with E-state index in [0.717, 1.165) is 51.1 Å². The second-order valence-corrected chi connectivity index (χ2v) is 7.54. The molecule has 24 heavy (non-hydrogen) atoms. The summed E-state index contributed by atoms with van der Waals surface area (Å²) in [6.45, 7) is 9.17. The Morgan fingerprint density at radius 2 is 1.92 bits per heavy atom. The third-order valence-electron chi connectivity index (χ3n) is 5.81. The predicted molar refractivity (Wildman–Crippen MR) is 96.2 cm³/mol. The zero-order valence-electron chi connectivity index (χ0n) is 15.5. The Labute approximate surface area is 145 Å². The Bertz CT molecular complexity index is 614. The summed E-state index contributed by atoms with van der Waals surface area (Å²) in [6.07, 6.45) is 4.24. The van der Waals surface area contributed by atoms with Gasteiger partial charge in [-0.15, -0.1) is 0 Å². The highest BCUT2D eigenvalue weighted by Crippen LogP contribution is 2.40. The monoisotopic (exact) mass is 330 g/mol. The molecule has 0 aromatic heterocycles. The molecule has 1 spiro atoms. The summed E-state index contributed by atoms with van der Waals surface area (Å²) in [5.41, 5.74) is 2.27. The maximum Gasteiger partial charge on any atom is 0.243 e. The van der Waals surface area contributed by atoms with Crippen LogP contribution in [0.5, 0.6) is 5.75 Å². The Hall–Kier alpha value is -1.55. The van der Waals surface area contributed by atoms with Crippen molar-refractivity contribution in [3.8, 4) is 5.75 Å². The molecule has 1 atom stereocenters. The van der Waals surface area contributed by atoms with Gasteiger partial charge in [-0.1, -0.05) is 6.07 Å². The van der Waals surface area contributed by atoms with E-state index >= 15 is 0 Å². The minimum Gasteiger partial charge on any atom is -0.497 e. The summed E-state index contributed by atoms with van der Waals surface area (Å²) in [6, 6.07) is 6.54. The molecule has 0 saturated carbocycles. The van der Waals surface area contributed by atoms with Gasteiger partial charge >= 0.3 is 0 Å². The molecule has 0 radical (unpaired) electrons. The molecule has 2 heterocycles. The summed E-state index contributed by atoms with van der Waals surface area (Å²) in [5.74, 6) is 1.25. The van der Waals surface area contributed by atoms with Gasteiger partial charge in [-0.3, -0.25) is 9.69 Å². The van der Waals surface area contributed by atoms with Crippen LogP contribution in [0, 0.1) is 6.92 Å². The molecule has 0 N–H and O–H groups in total. The standard InChI is InChI=1S/C20H30N2O2/c1-15(2)22-12-6-10-20(19(22)23)9-5-11-21(20)14-17-7-8-18(24-4)13-16(17)3/h7-8,13,15H,5-6,9-12,14H2,1-4H3. The van der Waals surface area contributed by atoms with E-state index in [1.807, 2.05) is 6.07 Å². The lowest BCUT2D eigenvalue weighted by molar-refractivity contribution is -0.149. The van der Waals surface area contributed by atoms with Gasteiger partial charge in [-0.25, -0.2) is 0 Å². The number of methoxy groups -OCH3 is 1. The number of hydrogen-bond donors (Lipinski definition) is 0. The third-order valence-corrected chi connectivity index (χ3v) is 5.81. The number of carbonyl (C=O) groups excluding carboxylic acids is 1. The van der Waals surface area contributed by atoms with Crippen LogP contribution >= 0.6 is 0 Å². The first-order valence-electron chi connectivity index (χ1n) is 9.17.